The van der Waals surface area contributed by atoms with Crippen LogP contribution in [0.5, 0.6) is 5.75 Å². The molecular formula is C26H24FN5O3. The number of methoxy groups -OCH3 is 2. The van der Waals surface area contributed by atoms with Crippen LogP contribution >= 0.6 is 0 Å². The van der Waals surface area contributed by atoms with Gasteiger partial charge in [0.1, 0.15) is 0 Å². The lowest BCUT2D eigenvalue weighted by Crippen LogP contribution is -2.31. The summed E-state index contributed by atoms with van der Waals surface area (Å²) in [5.41, 5.74) is 5.98. The van der Waals surface area contributed by atoms with E-state index in [-0.39, 0.29) is 29.7 Å². The molecule has 178 valence electrons. The van der Waals surface area contributed by atoms with Gasteiger partial charge in [-0.05, 0) is 43.7 Å². The third-order valence-electron chi connectivity index (χ3n) is 6.81. The van der Waals surface area contributed by atoms with Gasteiger partial charge in [-0.15, -0.1) is 0 Å². The number of rotatable bonds is 6. The number of fused-ring (bicyclic) bond motifs is 4. The fourth-order valence-corrected chi connectivity index (χ4v) is 4.81. The van der Waals surface area contributed by atoms with Gasteiger partial charge in [0.25, 0.3) is 5.91 Å². The second kappa shape index (κ2) is 8.06. The van der Waals surface area contributed by atoms with Crippen LogP contribution in [-0.2, 0) is 4.74 Å². The van der Waals surface area contributed by atoms with Gasteiger partial charge in [-0.25, -0.2) is 9.37 Å². The minimum Gasteiger partial charge on any atom is -0.492 e. The maximum atomic E-state index is 14.5. The van der Waals surface area contributed by atoms with Gasteiger partial charge in [0.05, 0.1) is 52.6 Å². The van der Waals surface area contributed by atoms with Gasteiger partial charge in [-0.1, -0.05) is 6.07 Å². The first-order valence-corrected chi connectivity index (χ1v) is 11.4. The Morgan fingerprint density at radius 2 is 2.06 bits per heavy atom. The zero-order valence-electron chi connectivity index (χ0n) is 19.5. The van der Waals surface area contributed by atoms with Crippen molar-refractivity contribution in [1.82, 2.24) is 20.3 Å². The summed E-state index contributed by atoms with van der Waals surface area (Å²) in [4.78, 5) is 26.0. The van der Waals surface area contributed by atoms with Crippen LogP contribution in [0.25, 0.3) is 22.3 Å². The van der Waals surface area contributed by atoms with Crippen molar-refractivity contribution in [2.75, 3.05) is 19.5 Å². The van der Waals surface area contributed by atoms with Crippen LogP contribution in [0.3, 0.4) is 0 Å². The predicted octanol–water partition coefficient (Wildman–Crippen LogP) is 4.82. The third-order valence-corrected chi connectivity index (χ3v) is 6.81. The van der Waals surface area contributed by atoms with E-state index in [1.807, 2.05) is 25.1 Å². The van der Waals surface area contributed by atoms with Crippen molar-refractivity contribution >= 4 is 28.3 Å². The Hall–Kier alpha value is -3.98. The Morgan fingerprint density at radius 1 is 1.20 bits per heavy atom. The smallest absolute Gasteiger partial charge is 0.255 e. The molecule has 1 aromatic carbocycles. The highest BCUT2D eigenvalue weighted by molar-refractivity contribution is 6.09. The molecule has 6 rings (SSSR count). The van der Waals surface area contributed by atoms with Gasteiger partial charge in [0, 0.05) is 36.5 Å². The molecule has 3 N–H and O–H groups in total. The van der Waals surface area contributed by atoms with E-state index in [1.165, 1.54) is 13.2 Å². The van der Waals surface area contributed by atoms with Crippen molar-refractivity contribution in [2.24, 2.45) is 0 Å². The first kappa shape index (κ1) is 21.5. The summed E-state index contributed by atoms with van der Waals surface area (Å²) in [7, 11) is 3.05. The lowest BCUT2D eigenvalue weighted by atomic mass is 10.0. The van der Waals surface area contributed by atoms with Gasteiger partial charge in [0.15, 0.2) is 11.6 Å². The average Bonchev–Trinajstić information content (AvgIpc) is 3.55. The number of nitrogens with zero attached hydrogens (tertiary/aromatic N) is 2. The number of hydrogen-bond acceptors (Lipinski definition) is 6. The topological polar surface area (TPSA) is 101 Å². The largest absolute Gasteiger partial charge is 0.492 e. The molecule has 3 atom stereocenters. The molecule has 0 saturated heterocycles. The molecule has 4 aromatic rings. The van der Waals surface area contributed by atoms with E-state index in [1.54, 1.807) is 25.4 Å². The molecule has 8 nitrogen and oxygen atoms in total. The molecule has 4 heterocycles. The number of nitrogens with one attached hydrogen (secondary N) is 3. The van der Waals surface area contributed by atoms with Crippen molar-refractivity contribution in [3.63, 3.8) is 0 Å². The first-order chi connectivity index (χ1) is 17.0. The number of anilines is 2. The van der Waals surface area contributed by atoms with E-state index in [0.29, 0.717) is 33.7 Å². The normalized spacial score (nSPS) is 19.0. The zero-order chi connectivity index (χ0) is 24.3. The van der Waals surface area contributed by atoms with E-state index in [4.69, 9.17) is 14.5 Å². The Kier molecular flexibility index (Phi) is 4.96. The number of pyridine rings is 2. The van der Waals surface area contributed by atoms with Crippen LogP contribution in [0.15, 0.2) is 42.6 Å². The van der Waals surface area contributed by atoms with Crippen molar-refractivity contribution in [2.45, 2.75) is 31.4 Å². The van der Waals surface area contributed by atoms with E-state index in [2.05, 4.69) is 20.6 Å². The van der Waals surface area contributed by atoms with Gasteiger partial charge < -0.3 is 25.1 Å². The van der Waals surface area contributed by atoms with E-state index >= 15 is 0 Å². The third kappa shape index (κ3) is 3.42. The fraction of sp³-hybridized carbons (Fsp3) is 0.269. The Morgan fingerprint density at radius 3 is 2.86 bits per heavy atom. The SMILES string of the molecule is COc1c(F)cccc1Nc1c(-c2ccnc3ccc(C(C)OC)nc23)[nH]c2c1C(=O)NC1CC21. The predicted molar refractivity (Wildman–Crippen MR) is 130 cm³/mol. The number of halogens is 1. The molecular weight excluding hydrogens is 449 g/mol. The van der Waals surface area contributed by atoms with Crippen molar-refractivity contribution in [3.05, 3.63) is 65.4 Å². The molecule has 1 aliphatic heterocycles. The highest BCUT2D eigenvalue weighted by Crippen LogP contribution is 2.50. The van der Waals surface area contributed by atoms with E-state index in [9.17, 15) is 9.18 Å². The summed E-state index contributed by atoms with van der Waals surface area (Å²) in [5, 5.41) is 6.35. The molecule has 0 spiro atoms. The highest BCUT2D eigenvalue weighted by atomic mass is 19.1. The monoisotopic (exact) mass is 473 g/mol. The van der Waals surface area contributed by atoms with Gasteiger partial charge >= 0.3 is 0 Å². The fourth-order valence-electron chi connectivity index (χ4n) is 4.81. The molecule has 2 aliphatic rings. The van der Waals surface area contributed by atoms with E-state index in [0.717, 1.165) is 23.4 Å². The standard InChI is InChI=1S/C26H24FN5O3/c1-12(34-2)16-7-8-17-21(29-16)13(9-10-28-17)23-24(30-18-6-4-5-15(27)25(18)35-3)20-22(32-23)14-11-19(14)31-26(20)33/h4-10,12,14,19,30,32H,11H2,1-3H3,(H,31,33). The molecule has 0 radical (unpaired) electrons. The number of carbonyl (C=O) groups excluding carboxylic acids is 1. The Balaban J connectivity index is 1.59. The molecule has 3 unspecified atom stereocenters. The summed E-state index contributed by atoms with van der Waals surface area (Å²) < 4.78 is 25.2. The van der Waals surface area contributed by atoms with Gasteiger partial charge in [-0.2, -0.15) is 0 Å². The number of benzene rings is 1. The number of ether oxygens (including phenoxy) is 2. The first-order valence-electron chi connectivity index (χ1n) is 11.4. The number of aromatic nitrogens is 3. The lowest BCUT2D eigenvalue weighted by molar-refractivity contribution is 0.0944. The molecule has 1 aliphatic carbocycles. The van der Waals surface area contributed by atoms with Crippen LogP contribution in [0.4, 0.5) is 15.8 Å². The van der Waals surface area contributed by atoms with Crippen LogP contribution in [0.2, 0.25) is 0 Å². The number of H-pyrrole nitrogens is 1. The van der Waals surface area contributed by atoms with Crippen LogP contribution in [-0.4, -0.2) is 41.1 Å². The van der Waals surface area contributed by atoms with Crippen molar-refractivity contribution in [3.8, 4) is 17.0 Å². The van der Waals surface area contributed by atoms with E-state index < -0.39 is 5.82 Å². The summed E-state index contributed by atoms with van der Waals surface area (Å²) in [6.45, 7) is 1.93. The quantitative estimate of drug-likeness (QED) is 0.371. The molecule has 1 fully saturated rings. The van der Waals surface area contributed by atoms with Crippen LogP contribution in [0.1, 0.15) is 47.1 Å². The summed E-state index contributed by atoms with van der Waals surface area (Å²) >= 11 is 0. The maximum Gasteiger partial charge on any atom is 0.255 e. The molecule has 0 bridgehead atoms. The highest BCUT2D eigenvalue weighted by Gasteiger charge is 2.48. The van der Waals surface area contributed by atoms with Crippen LogP contribution in [0, 0.1) is 5.82 Å². The van der Waals surface area contributed by atoms with Gasteiger partial charge in [0.2, 0.25) is 0 Å². The number of amides is 1. The average molecular weight is 474 g/mol. The molecule has 1 saturated carbocycles. The lowest BCUT2D eigenvalue weighted by Gasteiger charge is -2.17. The van der Waals surface area contributed by atoms with Crippen molar-refractivity contribution < 1.29 is 18.7 Å². The Labute approximate surface area is 200 Å². The van der Waals surface area contributed by atoms with Crippen molar-refractivity contribution in [1.29, 1.82) is 0 Å². The second-order valence-electron chi connectivity index (χ2n) is 8.87. The number of carbonyl (C=O) groups is 1. The zero-order valence-corrected chi connectivity index (χ0v) is 19.5. The van der Waals surface area contributed by atoms with Crippen LogP contribution < -0.4 is 15.4 Å². The molecule has 3 aromatic heterocycles. The summed E-state index contributed by atoms with van der Waals surface area (Å²) in [6.07, 6.45) is 2.40. The van der Waals surface area contributed by atoms with Gasteiger partial charge in [-0.3, -0.25) is 9.78 Å². The molecule has 35 heavy (non-hydrogen) atoms. The Bertz CT molecular complexity index is 1480. The number of aromatic amines is 1. The summed E-state index contributed by atoms with van der Waals surface area (Å²) in [6, 6.07) is 10.4. The minimum absolute atomic E-state index is 0.0721. The number of hydrogen-bond donors (Lipinski definition) is 3. The number of para-hydroxylation sites is 1. The molecule has 1 amide bonds. The maximum absolute atomic E-state index is 14.5. The summed E-state index contributed by atoms with van der Waals surface area (Å²) in [5.74, 6) is -0.372. The second-order valence-corrected chi connectivity index (χ2v) is 8.87. The molecule has 9 heteroatoms. The minimum atomic E-state index is -0.496.